The van der Waals surface area contributed by atoms with Crippen LogP contribution in [0.3, 0.4) is 0 Å². The number of carbonyl (C=O) groups is 1. The average Bonchev–Trinajstić information content (AvgIpc) is 2.76. The van der Waals surface area contributed by atoms with Gasteiger partial charge in [-0.1, -0.05) is 42.5 Å². The van der Waals surface area contributed by atoms with E-state index < -0.39 is 5.97 Å². The van der Waals surface area contributed by atoms with Gasteiger partial charge in [0.05, 0.1) is 7.11 Å². The van der Waals surface area contributed by atoms with Gasteiger partial charge < -0.3 is 9.64 Å². The highest BCUT2D eigenvalue weighted by atomic mass is 16.5. The van der Waals surface area contributed by atoms with Crippen molar-refractivity contribution in [3.63, 3.8) is 0 Å². The normalized spacial score (nSPS) is 10.5. The highest BCUT2D eigenvalue weighted by Gasteiger charge is 2.25. The number of nitrogens with zero attached hydrogens (tertiary/aromatic N) is 4. The summed E-state index contributed by atoms with van der Waals surface area (Å²) in [6.45, 7) is 0. The lowest BCUT2D eigenvalue weighted by atomic mass is 9.86. The van der Waals surface area contributed by atoms with Gasteiger partial charge in [-0.25, -0.2) is 4.79 Å². The molecule has 0 N–H and O–H groups in total. The van der Waals surface area contributed by atoms with E-state index in [1.807, 2.05) is 49.3 Å². The van der Waals surface area contributed by atoms with Gasteiger partial charge in [-0.3, -0.25) is 0 Å². The van der Waals surface area contributed by atoms with Crippen LogP contribution in [0.25, 0.3) is 11.1 Å². The van der Waals surface area contributed by atoms with Gasteiger partial charge in [0.25, 0.3) is 0 Å². The fourth-order valence-electron chi connectivity index (χ4n) is 2.80. The highest BCUT2D eigenvalue weighted by molar-refractivity contribution is 6.17. The zero-order chi connectivity index (χ0) is 21.4. The molecule has 0 heterocycles. The van der Waals surface area contributed by atoms with Crippen LogP contribution >= 0.6 is 0 Å². The molecule has 0 aliphatic carbocycles. The largest absolute Gasteiger partial charge is 0.465 e. The van der Waals surface area contributed by atoms with Crippen LogP contribution in [0.4, 0.5) is 5.69 Å². The molecule has 2 aromatic carbocycles. The molecule has 0 aliphatic heterocycles. The Morgan fingerprint density at radius 1 is 0.828 bits per heavy atom. The number of methoxy groups -OCH3 is 1. The van der Waals surface area contributed by atoms with E-state index in [-0.39, 0.29) is 22.3 Å². The van der Waals surface area contributed by atoms with Gasteiger partial charge in [0.1, 0.15) is 29.4 Å². The van der Waals surface area contributed by atoms with E-state index in [0.29, 0.717) is 11.1 Å². The second-order valence-corrected chi connectivity index (χ2v) is 6.13. The van der Waals surface area contributed by atoms with Crippen molar-refractivity contribution < 1.29 is 9.53 Å². The number of hydrogen-bond acceptors (Lipinski definition) is 6. The number of ether oxygens (including phenoxy) is 1. The fraction of sp³-hybridized carbons (Fsp3) is 0.130. The average molecular weight is 382 g/mol. The first-order valence-electron chi connectivity index (χ1n) is 8.59. The third kappa shape index (κ3) is 4.50. The van der Waals surface area contributed by atoms with Crippen LogP contribution in [-0.4, -0.2) is 27.2 Å². The van der Waals surface area contributed by atoms with Crippen LogP contribution < -0.4 is 4.90 Å². The van der Waals surface area contributed by atoms with Gasteiger partial charge in [0, 0.05) is 30.9 Å². The van der Waals surface area contributed by atoms with E-state index in [4.69, 9.17) is 4.74 Å². The molecule has 2 aromatic rings. The molecule has 0 bridgehead atoms. The second-order valence-electron chi connectivity index (χ2n) is 6.13. The number of allylic oxidation sites excluding steroid dienone is 3. The summed E-state index contributed by atoms with van der Waals surface area (Å²) in [5.41, 5.74) is 1.85. The number of esters is 1. The summed E-state index contributed by atoms with van der Waals surface area (Å²) in [4.78, 5) is 14.3. The van der Waals surface area contributed by atoms with Crippen LogP contribution in [0.5, 0.6) is 0 Å². The van der Waals surface area contributed by atoms with Gasteiger partial charge in [-0.15, -0.1) is 0 Å². The van der Waals surface area contributed by atoms with E-state index in [1.165, 1.54) is 7.11 Å². The van der Waals surface area contributed by atoms with Crippen LogP contribution in [0, 0.1) is 34.0 Å². The van der Waals surface area contributed by atoms with Gasteiger partial charge >= 0.3 is 5.97 Å². The molecule has 0 aliphatic rings. The Balaban J connectivity index is 2.96. The minimum atomic E-state index is -0.845. The highest BCUT2D eigenvalue weighted by Crippen LogP contribution is 2.37. The predicted octanol–water partition coefficient (Wildman–Crippen LogP) is 3.70. The quantitative estimate of drug-likeness (QED) is 0.338. The van der Waals surface area contributed by atoms with E-state index in [1.54, 1.807) is 42.5 Å². The molecule has 0 aromatic heterocycles. The maximum Gasteiger partial charge on any atom is 0.349 e. The lowest BCUT2D eigenvalue weighted by Crippen LogP contribution is -2.10. The first kappa shape index (κ1) is 21.0. The van der Waals surface area contributed by atoms with E-state index >= 15 is 0 Å². The second kappa shape index (κ2) is 9.55. The summed E-state index contributed by atoms with van der Waals surface area (Å²) in [5, 5.41) is 28.8. The van der Waals surface area contributed by atoms with Crippen molar-refractivity contribution in [2.45, 2.75) is 0 Å². The van der Waals surface area contributed by atoms with Gasteiger partial charge in [-0.2, -0.15) is 15.8 Å². The standard InChI is InChI=1S/C23H18N4O2/c1-27(2)19-11-9-17(10-12-19)22(20(15-26)23(28)29-3)21(18(13-24)14-25)16-7-5-4-6-8-16/h4-12H,1-3H3/b22-20+. The maximum atomic E-state index is 12.4. The molecular weight excluding hydrogens is 364 g/mol. The van der Waals surface area contributed by atoms with Crippen molar-refractivity contribution in [3.05, 3.63) is 76.9 Å². The van der Waals surface area contributed by atoms with Crippen molar-refractivity contribution in [2.75, 3.05) is 26.1 Å². The molecule has 0 amide bonds. The molecule has 0 spiro atoms. The summed E-state index contributed by atoms with van der Waals surface area (Å²) in [7, 11) is 4.95. The smallest absolute Gasteiger partial charge is 0.349 e. The molecule has 142 valence electrons. The summed E-state index contributed by atoms with van der Waals surface area (Å²) in [6.07, 6.45) is 0. The summed E-state index contributed by atoms with van der Waals surface area (Å²) < 4.78 is 4.78. The molecule has 0 fully saturated rings. The molecule has 2 rings (SSSR count). The lowest BCUT2D eigenvalue weighted by molar-refractivity contribution is -0.135. The van der Waals surface area contributed by atoms with E-state index in [9.17, 15) is 20.6 Å². The first-order chi connectivity index (χ1) is 14.0. The summed E-state index contributed by atoms with van der Waals surface area (Å²) in [6, 6.07) is 21.5. The van der Waals surface area contributed by atoms with Crippen molar-refractivity contribution in [1.82, 2.24) is 0 Å². The summed E-state index contributed by atoms with van der Waals surface area (Å²) in [5.74, 6) is -0.845. The number of carbonyl (C=O) groups excluding carboxylic acids is 1. The van der Waals surface area contributed by atoms with Crippen molar-refractivity contribution in [3.8, 4) is 18.2 Å². The number of nitriles is 3. The maximum absolute atomic E-state index is 12.4. The number of rotatable bonds is 5. The molecule has 0 radical (unpaired) electrons. The molecule has 0 saturated carbocycles. The molecule has 0 unspecified atom stereocenters. The zero-order valence-corrected chi connectivity index (χ0v) is 16.3. The Kier molecular flexibility index (Phi) is 6.91. The molecular formula is C23H18N4O2. The van der Waals surface area contributed by atoms with Gasteiger partial charge in [0.2, 0.25) is 0 Å². The van der Waals surface area contributed by atoms with Crippen LogP contribution in [-0.2, 0) is 9.53 Å². The monoisotopic (exact) mass is 382 g/mol. The molecule has 29 heavy (non-hydrogen) atoms. The molecule has 6 nitrogen and oxygen atoms in total. The van der Waals surface area contributed by atoms with Crippen LogP contribution in [0.2, 0.25) is 0 Å². The Morgan fingerprint density at radius 3 is 1.83 bits per heavy atom. The van der Waals surface area contributed by atoms with Gasteiger partial charge in [0.15, 0.2) is 0 Å². The Bertz CT molecular complexity index is 1070. The Morgan fingerprint density at radius 2 is 1.38 bits per heavy atom. The number of hydrogen-bond donors (Lipinski definition) is 0. The lowest BCUT2D eigenvalue weighted by Gasteiger charge is -2.17. The zero-order valence-electron chi connectivity index (χ0n) is 16.3. The summed E-state index contributed by atoms with van der Waals surface area (Å²) >= 11 is 0. The fourth-order valence-corrected chi connectivity index (χ4v) is 2.80. The van der Waals surface area contributed by atoms with Crippen molar-refractivity contribution in [1.29, 1.82) is 15.8 Å². The van der Waals surface area contributed by atoms with E-state index in [2.05, 4.69) is 0 Å². The first-order valence-corrected chi connectivity index (χ1v) is 8.59. The van der Waals surface area contributed by atoms with Crippen LogP contribution in [0.15, 0.2) is 65.7 Å². The number of benzene rings is 2. The minimum absolute atomic E-state index is 0.175. The van der Waals surface area contributed by atoms with Gasteiger partial charge in [-0.05, 0) is 23.3 Å². The SMILES string of the molecule is COC(=O)/C(C#N)=C(/C(=C(C#N)C#N)c1ccccc1)c1ccc(N(C)C)cc1. The molecule has 6 heteroatoms. The van der Waals surface area contributed by atoms with Crippen molar-refractivity contribution in [2.24, 2.45) is 0 Å². The topological polar surface area (TPSA) is 101 Å². The number of anilines is 1. The predicted molar refractivity (Wildman–Crippen MR) is 110 cm³/mol. The third-order valence-electron chi connectivity index (χ3n) is 4.21. The molecule has 0 atom stereocenters. The Hall–Kier alpha value is -4.34. The van der Waals surface area contributed by atoms with Crippen LogP contribution in [0.1, 0.15) is 11.1 Å². The molecule has 0 saturated heterocycles. The third-order valence-corrected chi connectivity index (χ3v) is 4.21. The Labute approximate surface area is 169 Å². The van der Waals surface area contributed by atoms with Crippen molar-refractivity contribution >= 4 is 22.8 Å². The van der Waals surface area contributed by atoms with E-state index in [0.717, 1.165) is 5.69 Å². The minimum Gasteiger partial charge on any atom is -0.465 e.